The zero-order chi connectivity index (χ0) is 18.2. The van der Waals surface area contributed by atoms with Gasteiger partial charge >= 0.3 is 6.18 Å². The highest BCUT2D eigenvalue weighted by molar-refractivity contribution is 7.92. The average Bonchev–Trinajstić information content (AvgIpc) is 3.36. The van der Waals surface area contributed by atoms with Crippen LogP contribution in [-0.4, -0.2) is 32.4 Å². The molecule has 2 fully saturated rings. The summed E-state index contributed by atoms with van der Waals surface area (Å²) in [5.41, 5.74) is -0.959. The Morgan fingerprint density at radius 2 is 1.92 bits per heavy atom. The smallest absolute Gasteiger partial charge is 0.311 e. The van der Waals surface area contributed by atoms with Gasteiger partial charge in [0.2, 0.25) is 0 Å². The first-order chi connectivity index (χ1) is 11.7. The minimum Gasteiger partial charge on any atom is -0.311 e. The number of nitrogens with one attached hydrogen (secondary N) is 2. The molecular weight excluding hydrogens is 377 g/mol. The maximum Gasteiger partial charge on any atom is 0.416 e. The second kappa shape index (κ2) is 7.06. The molecule has 25 heavy (non-hydrogen) atoms. The molecule has 2 aliphatic rings. The topological polar surface area (TPSA) is 58.2 Å². The molecule has 2 unspecified atom stereocenters. The van der Waals surface area contributed by atoms with Crippen LogP contribution in [0.1, 0.15) is 37.7 Å². The number of halogens is 4. The third-order valence-corrected chi connectivity index (χ3v) is 7.12. The Labute approximate surface area is 150 Å². The van der Waals surface area contributed by atoms with Crippen molar-refractivity contribution in [3.8, 4) is 0 Å². The lowest BCUT2D eigenvalue weighted by Crippen LogP contribution is -2.54. The number of hydrogen-bond donors (Lipinski definition) is 2. The van der Waals surface area contributed by atoms with Crippen molar-refractivity contribution in [3.05, 3.63) is 28.8 Å². The van der Waals surface area contributed by atoms with E-state index in [9.17, 15) is 21.6 Å². The van der Waals surface area contributed by atoms with E-state index in [1.807, 2.05) is 0 Å². The van der Waals surface area contributed by atoms with Gasteiger partial charge < -0.3 is 5.32 Å². The first kappa shape index (κ1) is 18.9. The van der Waals surface area contributed by atoms with Crippen LogP contribution in [0, 0.1) is 0 Å². The Morgan fingerprint density at radius 3 is 2.44 bits per heavy atom. The third-order valence-electron chi connectivity index (χ3n) is 4.59. The summed E-state index contributed by atoms with van der Waals surface area (Å²) in [7, 11) is -3.92. The first-order valence-corrected chi connectivity index (χ1v) is 10.2. The highest BCUT2D eigenvalue weighted by Gasteiger charge is 2.40. The molecule has 0 radical (unpaired) electrons. The second-order valence-corrected chi connectivity index (χ2v) is 9.05. The van der Waals surface area contributed by atoms with Crippen LogP contribution in [0.25, 0.3) is 0 Å². The van der Waals surface area contributed by atoms with Gasteiger partial charge in [0.15, 0.2) is 9.84 Å². The van der Waals surface area contributed by atoms with Gasteiger partial charge in [0, 0.05) is 12.1 Å². The highest BCUT2D eigenvalue weighted by Crippen LogP contribution is 2.35. The molecule has 0 spiro atoms. The lowest BCUT2D eigenvalue weighted by atomic mass is 10.0. The summed E-state index contributed by atoms with van der Waals surface area (Å²) in [5.74, 6) is 0. The van der Waals surface area contributed by atoms with Gasteiger partial charge in [-0.3, -0.25) is 5.32 Å². The lowest BCUT2D eigenvalue weighted by Gasteiger charge is -2.32. The van der Waals surface area contributed by atoms with Gasteiger partial charge in [-0.25, -0.2) is 8.42 Å². The summed E-state index contributed by atoms with van der Waals surface area (Å²) < 4.78 is 64.6. The SMILES string of the molecule is O=S(=O)(c1ccc(C(F)(F)F)cc1Cl)C(NC1CC1)C1CCCCN1. The number of benzene rings is 1. The summed E-state index contributed by atoms with van der Waals surface area (Å²) in [4.78, 5) is -0.257. The van der Waals surface area contributed by atoms with E-state index in [4.69, 9.17) is 11.6 Å². The van der Waals surface area contributed by atoms with Crippen molar-refractivity contribution < 1.29 is 21.6 Å². The Morgan fingerprint density at radius 1 is 1.20 bits per heavy atom. The van der Waals surface area contributed by atoms with E-state index in [1.165, 1.54) is 0 Å². The molecule has 1 heterocycles. The predicted molar refractivity (Wildman–Crippen MR) is 89.2 cm³/mol. The molecule has 1 saturated heterocycles. The van der Waals surface area contributed by atoms with Crippen molar-refractivity contribution in [2.24, 2.45) is 0 Å². The van der Waals surface area contributed by atoms with Gasteiger partial charge in [-0.1, -0.05) is 18.0 Å². The van der Waals surface area contributed by atoms with E-state index in [-0.39, 0.29) is 17.0 Å². The number of hydrogen-bond acceptors (Lipinski definition) is 4. The molecule has 1 aromatic carbocycles. The minimum atomic E-state index is -4.57. The zero-order valence-electron chi connectivity index (χ0n) is 13.4. The Balaban J connectivity index is 1.93. The quantitative estimate of drug-likeness (QED) is 0.801. The molecule has 1 saturated carbocycles. The van der Waals surface area contributed by atoms with E-state index < -0.39 is 32.0 Å². The molecule has 0 bridgehead atoms. The standard InChI is InChI=1S/C16H20ClF3N2O2S/c17-12-9-10(16(18,19)20)4-7-14(12)25(23,24)15(22-11-5-6-11)13-3-1-2-8-21-13/h4,7,9,11,13,15,21-22H,1-3,5-6,8H2. The van der Waals surface area contributed by atoms with Gasteiger partial charge in [0.1, 0.15) is 5.37 Å². The maximum absolute atomic E-state index is 13.1. The third kappa shape index (κ3) is 4.30. The fourth-order valence-corrected chi connectivity index (χ4v) is 5.49. The number of rotatable bonds is 5. The van der Waals surface area contributed by atoms with Crippen LogP contribution in [0.4, 0.5) is 13.2 Å². The van der Waals surface area contributed by atoms with Gasteiger partial charge in [-0.2, -0.15) is 13.2 Å². The van der Waals surface area contributed by atoms with Gasteiger partial charge in [-0.15, -0.1) is 0 Å². The molecular formula is C16H20ClF3N2O2S. The summed E-state index contributed by atoms with van der Waals surface area (Å²) in [6, 6.07) is 2.26. The lowest BCUT2D eigenvalue weighted by molar-refractivity contribution is -0.137. The molecule has 1 aromatic rings. The molecule has 4 nitrogen and oxygen atoms in total. The summed E-state index contributed by atoms with van der Waals surface area (Å²) in [6.07, 6.45) is -0.173. The van der Waals surface area contributed by atoms with E-state index in [0.29, 0.717) is 12.5 Å². The van der Waals surface area contributed by atoms with Crippen LogP contribution < -0.4 is 10.6 Å². The maximum atomic E-state index is 13.1. The van der Waals surface area contributed by atoms with Crippen molar-refractivity contribution in [3.63, 3.8) is 0 Å². The monoisotopic (exact) mass is 396 g/mol. The normalized spacial score (nSPS) is 23.4. The fourth-order valence-electron chi connectivity index (χ4n) is 3.09. The molecule has 2 atom stereocenters. The molecule has 9 heteroatoms. The van der Waals surface area contributed by atoms with E-state index in [0.717, 1.165) is 44.4 Å². The molecule has 1 aliphatic heterocycles. The van der Waals surface area contributed by atoms with Gasteiger partial charge in [0.25, 0.3) is 0 Å². The molecule has 3 rings (SSSR count). The highest BCUT2D eigenvalue weighted by atomic mass is 35.5. The average molecular weight is 397 g/mol. The number of alkyl halides is 3. The summed E-state index contributed by atoms with van der Waals surface area (Å²) >= 11 is 5.93. The summed E-state index contributed by atoms with van der Waals surface area (Å²) in [5, 5.41) is 5.07. The molecule has 1 aliphatic carbocycles. The van der Waals surface area contributed by atoms with Crippen LogP contribution in [0.15, 0.2) is 23.1 Å². The van der Waals surface area contributed by atoms with Crippen LogP contribution in [0.5, 0.6) is 0 Å². The number of sulfone groups is 1. The molecule has 2 N–H and O–H groups in total. The molecule has 140 valence electrons. The largest absolute Gasteiger partial charge is 0.416 e. The van der Waals surface area contributed by atoms with E-state index in [2.05, 4.69) is 10.6 Å². The van der Waals surface area contributed by atoms with Gasteiger partial charge in [-0.05, 0) is 50.4 Å². The predicted octanol–water partition coefficient (Wildman–Crippen LogP) is 3.35. The molecule has 0 amide bonds. The Kier molecular flexibility index (Phi) is 5.35. The van der Waals surface area contributed by atoms with Crippen molar-refractivity contribution in [2.75, 3.05) is 6.54 Å². The van der Waals surface area contributed by atoms with Crippen LogP contribution in [0.2, 0.25) is 5.02 Å². The molecule has 0 aromatic heterocycles. The van der Waals surface area contributed by atoms with Crippen molar-refractivity contribution in [1.29, 1.82) is 0 Å². The number of piperidine rings is 1. The van der Waals surface area contributed by atoms with Crippen molar-refractivity contribution in [2.45, 2.75) is 60.6 Å². The first-order valence-electron chi connectivity index (χ1n) is 8.29. The Hall–Kier alpha value is -0.830. The van der Waals surface area contributed by atoms with Crippen LogP contribution in [0.3, 0.4) is 0 Å². The zero-order valence-corrected chi connectivity index (χ0v) is 15.0. The minimum absolute atomic E-state index is 0.136. The summed E-state index contributed by atoms with van der Waals surface area (Å²) in [6.45, 7) is 0.726. The van der Waals surface area contributed by atoms with E-state index >= 15 is 0 Å². The van der Waals surface area contributed by atoms with Gasteiger partial charge in [0.05, 0.1) is 15.5 Å². The van der Waals surface area contributed by atoms with E-state index in [1.54, 1.807) is 0 Å². The fraction of sp³-hybridized carbons (Fsp3) is 0.625. The van der Waals surface area contributed by atoms with Crippen molar-refractivity contribution >= 4 is 21.4 Å². The second-order valence-electron chi connectivity index (χ2n) is 6.61. The Bertz CT molecular complexity index is 729. The van der Waals surface area contributed by atoms with Crippen molar-refractivity contribution in [1.82, 2.24) is 10.6 Å². The van der Waals surface area contributed by atoms with Crippen LogP contribution >= 0.6 is 11.6 Å². The van der Waals surface area contributed by atoms with Crippen LogP contribution in [-0.2, 0) is 16.0 Å².